The Morgan fingerprint density at radius 2 is 2.11 bits per heavy atom. The Morgan fingerprint density at radius 1 is 1.39 bits per heavy atom. The van der Waals surface area contributed by atoms with Crippen molar-refractivity contribution in [1.82, 2.24) is 4.90 Å². The minimum atomic E-state index is -0.705. The highest BCUT2D eigenvalue weighted by atomic mass is 16.4. The molecule has 1 aromatic carbocycles. The molecular formula is C15H21NO2. The van der Waals surface area contributed by atoms with Crippen LogP contribution in [-0.2, 0) is 11.3 Å². The van der Waals surface area contributed by atoms with Crippen molar-refractivity contribution in [3.63, 3.8) is 0 Å². The van der Waals surface area contributed by atoms with E-state index in [2.05, 4.69) is 36.9 Å². The molecule has 0 radical (unpaired) electrons. The molecule has 0 aromatic heterocycles. The molecule has 3 heteroatoms. The fourth-order valence-corrected chi connectivity index (χ4v) is 2.64. The molecule has 1 aliphatic rings. The Labute approximate surface area is 108 Å². The van der Waals surface area contributed by atoms with Gasteiger partial charge >= 0.3 is 5.97 Å². The number of rotatable bonds is 3. The van der Waals surface area contributed by atoms with E-state index in [0.29, 0.717) is 0 Å². The van der Waals surface area contributed by atoms with E-state index in [1.165, 1.54) is 16.7 Å². The highest BCUT2D eigenvalue weighted by Gasteiger charge is 2.43. The van der Waals surface area contributed by atoms with Gasteiger partial charge in [-0.2, -0.15) is 0 Å². The normalized spacial score (nSPS) is 24.4. The van der Waals surface area contributed by atoms with E-state index in [-0.39, 0.29) is 0 Å². The number of likely N-dealkylation sites (tertiary alicyclic amines) is 1. The lowest BCUT2D eigenvalue weighted by atomic mass is 9.98. The second-order valence-electron chi connectivity index (χ2n) is 5.52. The highest BCUT2D eigenvalue weighted by molar-refractivity contribution is 5.78. The third kappa shape index (κ3) is 2.27. The summed E-state index contributed by atoms with van der Waals surface area (Å²) < 4.78 is 0. The van der Waals surface area contributed by atoms with Gasteiger partial charge in [-0.25, -0.2) is 0 Å². The molecule has 0 spiro atoms. The molecule has 0 bridgehead atoms. The van der Waals surface area contributed by atoms with Crippen LogP contribution >= 0.6 is 0 Å². The summed E-state index contributed by atoms with van der Waals surface area (Å²) in [5.74, 6) is -0.705. The van der Waals surface area contributed by atoms with Gasteiger partial charge in [0, 0.05) is 6.54 Å². The highest BCUT2D eigenvalue weighted by Crippen LogP contribution is 2.30. The van der Waals surface area contributed by atoms with Crippen LogP contribution in [0.1, 0.15) is 36.5 Å². The van der Waals surface area contributed by atoms with Gasteiger partial charge in [-0.3, -0.25) is 9.69 Å². The molecular weight excluding hydrogens is 226 g/mol. The van der Waals surface area contributed by atoms with E-state index in [4.69, 9.17) is 0 Å². The van der Waals surface area contributed by atoms with Crippen molar-refractivity contribution in [3.8, 4) is 0 Å². The summed E-state index contributed by atoms with van der Waals surface area (Å²) in [4.78, 5) is 13.5. The molecule has 3 nitrogen and oxygen atoms in total. The molecule has 1 aromatic rings. The minimum absolute atomic E-state index is 0.696. The lowest BCUT2D eigenvalue weighted by Gasteiger charge is -2.31. The van der Waals surface area contributed by atoms with Crippen LogP contribution in [0, 0.1) is 13.8 Å². The van der Waals surface area contributed by atoms with Crippen molar-refractivity contribution >= 4 is 5.97 Å². The SMILES string of the molecule is Cc1ccc(CN2CCCC2(C)C(=O)O)cc1C. The average Bonchev–Trinajstić information content (AvgIpc) is 2.67. The van der Waals surface area contributed by atoms with Crippen molar-refractivity contribution in [1.29, 1.82) is 0 Å². The van der Waals surface area contributed by atoms with Crippen LogP contribution in [-0.4, -0.2) is 28.1 Å². The molecule has 0 amide bonds. The van der Waals surface area contributed by atoms with Gasteiger partial charge in [0.05, 0.1) is 0 Å². The fourth-order valence-electron chi connectivity index (χ4n) is 2.64. The van der Waals surface area contributed by atoms with E-state index in [0.717, 1.165) is 25.9 Å². The molecule has 0 aliphatic carbocycles. The van der Waals surface area contributed by atoms with Crippen molar-refractivity contribution in [2.45, 2.75) is 45.7 Å². The van der Waals surface area contributed by atoms with Crippen LogP contribution in [0.3, 0.4) is 0 Å². The zero-order valence-electron chi connectivity index (χ0n) is 11.4. The number of aryl methyl sites for hydroxylation is 2. The van der Waals surface area contributed by atoms with E-state index in [1.807, 2.05) is 6.92 Å². The molecule has 0 saturated carbocycles. The van der Waals surface area contributed by atoms with Crippen molar-refractivity contribution in [2.24, 2.45) is 0 Å². The van der Waals surface area contributed by atoms with E-state index < -0.39 is 11.5 Å². The van der Waals surface area contributed by atoms with E-state index >= 15 is 0 Å². The van der Waals surface area contributed by atoms with Crippen molar-refractivity contribution < 1.29 is 9.90 Å². The van der Waals surface area contributed by atoms with E-state index in [9.17, 15) is 9.90 Å². The molecule has 18 heavy (non-hydrogen) atoms. The monoisotopic (exact) mass is 247 g/mol. The maximum atomic E-state index is 11.4. The Bertz CT molecular complexity index is 470. The van der Waals surface area contributed by atoms with Crippen molar-refractivity contribution in [3.05, 3.63) is 34.9 Å². The molecule has 1 heterocycles. The van der Waals surface area contributed by atoms with E-state index in [1.54, 1.807) is 0 Å². The van der Waals surface area contributed by atoms with Gasteiger partial charge in [0.1, 0.15) is 5.54 Å². The topological polar surface area (TPSA) is 40.5 Å². The first-order valence-electron chi connectivity index (χ1n) is 6.48. The molecule has 1 fully saturated rings. The summed E-state index contributed by atoms with van der Waals surface area (Å²) in [5, 5.41) is 9.38. The number of carboxylic acids is 1. The number of aliphatic carboxylic acids is 1. The first-order chi connectivity index (χ1) is 8.43. The molecule has 1 N–H and O–H groups in total. The smallest absolute Gasteiger partial charge is 0.323 e. The summed E-state index contributed by atoms with van der Waals surface area (Å²) >= 11 is 0. The van der Waals surface area contributed by atoms with Gasteiger partial charge < -0.3 is 5.11 Å². The Hall–Kier alpha value is -1.35. The first-order valence-corrected chi connectivity index (χ1v) is 6.48. The number of hydrogen-bond acceptors (Lipinski definition) is 2. The predicted octanol–water partition coefficient (Wildman–Crippen LogP) is 2.74. The maximum absolute atomic E-state index is 11.4. The molecule has 1 saturated heterocycles. The Kier molecular flexibility index (Phi) is 3.44. The predicted molar refractivity (Wildman–Crippen MR) is 71.6 cm³/mol. The third-order valence-electron chi connectivity index (χ3n) is 4.20. The zero-order chi connectivity index (χ0) is 13.3. The Morgan fingerprint density at radius 3 is 2.72 bits per heavy atom. The number of carbonyl (C=O) groups is 1. The van der Waals surface area contributed by atoms with Crippen molar-refractivity contribution in [2.75, 3.05) is 6.54 Å². The van der Waals surface area contributed by atoms with Gasteiger partial charge in [0.2, 0.25) is 0 Å². The zero-order valence-corrected chi connectivity index (χ0v) is 11.4. The number of carboxylic acid groups (broad SMARTS) is 1. The fraction of sp³-hybridized carbons (Fsp3) is 0.533. The summed E-state index contributed by atoms with van der Waals surface area (Å²) in [5.41, 5.74) is 3.05. The van der Waals surface area contributed by atoms with Gasteiger partial charge in [0.15, 0.2) is 0 Å². The van der Waals surface area contributed by atoms with Crippen LogP contribution < -0.4 is 0 Å². The number of hydrogen-bond donors (Lipinski definition) is 1. The third-order valence-corrected chi connectivity index (χ3v) is 4.20. The van der Waals surface area contributed by atoms with Gasteiger partial charge in [-0.05, 0) is 56.8 Å². The summed E-state index contributed by atoms with van der Waals surface area (Å²) in [6.07, 6.45) is 1.71. The lowest BCUT2D eigenvalue weighted by Crippen LogP contribution is -2.47. The largest absolute Gasteiger partial charge is 0.480 e. The van der Waals surface area contributed by atoms with Gasteiger partial charge in [-0.1, -0.05) is 18.2 Å². The van der Waals surface area contributed by atoms with Crippen LogP contribution in [0.15, 0.2) is 18.2 Å². The van der Waals surface area contributed by atoms with Crippen LogP contribution in [0.25, 0.3) is 0 Å². The van der Waals surface area contributed by atoms with Gasteiger partial charge in [0.25, 0.3) is 0 Å². The summed E-state index contributed by atoms with van der Waals surface area (Å²) in [6, 6.07) is 6.37. The number of benzene rings is 1. The molecule has 1 aliphatic heterocycles. The lowest BCUT2D eigenvalue weighted by molar-refractivity contribution is -0.148. The average molecular weight is 247 g/mol. The Balaban J connectivity index is 2.18. The molecule has 1 atom stereocenters. The second kappa shape index (κ2) is 4.73. The summed E-state index contributed by atoms with van der Waals surface area (Å²) in [7, 11) is 0. The molecule has 98 valence electrons. The second-order valence-corrected chi connectivity index (χ2v) is 5.52. The molecule has 1 unspecified atom stereocenters. The standard InChI is InChI=1S/C15H21NO2/c1-11-5-6-13(9-12(11)2)10-16-8-4-7-15(16,3)14(17)18/h5-6,9H,4,7-8,10H2,1-3H3,(H,17,18). The first kappa shape index (κ1) is 13.1. The van der Waals surface area contributed by atoms with Gasteiger partial charge in [-0.15, -0.1) is 0 Å². The summed E-state index contributed by atoms with van der Waals surface area (Å²) in [6.45, 7) is 7.62. The molecule has 2 rings (SSSR count). The maximum Gasteiger partial charge on any atom is 0.323 e. The minimum Gasteiger partial charge on any atom is -0.480 e. The number of nitrogens with zero attached hydrogens (tertiary/aromatic N) is 1. The quantitative estimate of drug-likeness (QED) is 0.892. The van der Waals surface area contributed by atoms with Crippen LogP contribution in [0.4, 0.5) is 0 Å². The van der Waals surface area contributed by atoms with Crippen LogP contribution in [0.2, 0.25) is 0 Å². The van der Waals surface area contributed by atoms with Crippen LogP contribution in [0.5, 0.6) is 0 Å².